The van der Waals surface area contributed by atoms with Crippen LogP contribution in [-0.4, -0.2) is 25.0 Å². The van der Waals surface area contributed by atoms with Crippen LogP contribution in [0.25, 0.3) is 0 Å². The number of benzene rings is 1. The van der Waals surface area contributed by atoms with Crippen molar-refractivity contribution >= 4 is 0 Å². The maximum atomic E-state index is 6.01. The number of aryl methyl sites for hydroxylation is 2. The first kappa shape index (κ1) is 15.2. The number of rotatable bonds is 6. The van der Waals surface area contributed by atoms with Gasteiger partial charge < -0.3 is 5.73 Å². The van der Waals surface area contributed by atoms with Gasteiger partial charge in [-0.25, -0.2) is 0 Å². The maximum absolute atomic E-state index is 6.01. The van der Waals surface area contributed by atoms with E-state index in [1.807, 2.05) is 0 Å². The predicted octanol–water partition coefficient (Wildman–Crippen LogP) is 3.28. The Morgan fingerprint density at radius 2 is 1.72 bits per heavy atom. The Hall–Kier alpha value is -0.860. The fourth-order valence-electron chi connectivity index (χ4n) is 2.49. The lowest BCUT2D eigenvalue weighted by atomic mass is 9.95. The monoisotopic (exact) mass is 248 g/mol. The Labute approximate surface area is 112 Å². The Morgan fingerprint density at radius 1 is 1.17 bits per heavy atom. The molecule has 0 heterocycles. The SMILES string of the molecule is Cc1cccc(C)c1C(CN)N(C)CCC(C)C. The summed E-state index contributed by atoms with van der Waals surface area (Å²) in [4.78, 5) is 2.40. The van der Waals surface area contributed by atoms with Crippen molar-refractivity contribution in [3.63, 3.8) is 0 Å². The number of nitrogens with zero attached hydrogens (tertiary/aromatic N) is 1. The van der Waals surface area contributed by atoms with Gasteiger partial charge in [0.25, 0.3) is 0 Å². The third-order valence-electron chi connectivity index (χ3n) is 3.69. The van der Waals surface area contributed by atoms with E-state index < -0.39 is 0 Å². The average molecular weight is 248 g/mol. The van der Waals surface area contributed by atoms with Gasteiger partial charge in [0, 0.05) is 12.6 Å². The minimum atomic E-state index is 0.338. The average Bonchev–Trinajstić information content (AvgIpc) is 2.31. The lowest BCUT2D eigenvalue weighted by Crippen LogP contribution is -2.32. The molecule has 0 fully saturated rings. The standard InChI is InChI=1S/C16H28N2/c1-12(2)9-10-18(5)15(11-17)16-13(3)7-6-8-14(16)4/h6-8,12,15H,9-11,17H2,1-5H3. The van der Waals surface area contributed by atoms with Crippen LogP contribution in [0.2, 0.25) is 0 Å². The first-order valence-corrected chi connectivity index (χ1v) is 6.93. The minimum absolute atomic E-state index is 0.338. The van der Waals surface area contributed by atoms with Crippen molar-refractivity contribution in [3.8, 4) is 0 Å². The second-order valence-electron chi connectivity index (χ2n) is 5.72. The summed E-state index contributed by atoms with van der Waals surface area (Å²) in [7, 11) is 2.19. The molecule has 0 saturated carbocycles. The van der Waals surface area contributed by atoms with Gasteiger partial charge in [-0.05, 0) is 56.5 Å². The van der Waals surface area contributed by atoms with Gasteiger partial charge in [-0.2, -0.15) is 0 Å². The zero-order valence-corrected chi connectivity index (χ0v) is 12.5. The molecular weight excluding hydrogens is 220 g/mol. The second kappa shape index (κ2) is 6.91. The van der Waals surface area contributed by atoms with E-state index in [9.17, 15) is 0 Å². The van der Waals surface area contributed by atoms with Crippen molar-refractivity contribution in [2.45, 2.75) is 40.2 Å². The van der Waals surface area contributed by atoms with Gasteiger partial charge >= 0.3 is 0 Å². The molecule has 0 aliphatic carbocycles. The fourth-order valence-corrected chi connectivity index (χ4v) is 2.49. The molecule has 1 unspecified atom stereocenters. The molecule has 0 saturated heterocycles. The molecule has 0 amide bonds. The highest BCUT2D eigenvalue weighted by Crippen LogP contribution is 2.25. The molecule has 0 bridgehead atoms. The summed E-state index contributed by atoms with van der Waals surface area (Å²) in [5.74, 6) is 0.740. The lowest BCUT2D eigenvalue weighted by molar-refractivity contribution is 0.235. The van der Waals surface area contributed by atoms with Crippen molar-refractivity contribution in [1.29, 1.82) is 0 Å². The van der Waals surface area contributed by atoms with Crippen molar-refractivity contribution < 1.29 is 0 Å². The first-order chi connectivity index (χ1) is 8.47. The summed E-state index contributed by atoms with van der Waals surface area (Å²) in [5, 5.41) is 0. The molecule has 102 valence electrons. The summed E-state index contributed by atoms with van der Waals surface area (Å²) in [5.41, 5.74) is 10.1. The molecule has 1 aromatic carbocycles. The largest absolute Gasteiger partial charge is 0.329 e. The van der Waals surface area contributed by atoms with Crippen LogP contribution in [0, 0.1) is 19.8 Å². The summed E-state index contributed by atoms with van der Waals surface area (Å²) in [6.45, 7) is 10.7. The Kier molecular flexibility index (Phi) is 5.83. The quantitative estimate of drug-likeness (QED) is 0.837. The van der Waals surface area contributed by atoms with E-state index in [1.165, 1.54) is 23.1 Å². The molecule has 1 aromatic rings. The van der Waals surface area contributed by atoms with Crippen molar-refractivity contribution in [2.24, 2.45) is 11.7 Å². The van der Waals surface area contributed by atoms with Crippen LogP contribution >= 0.6 is 0 Å². The normalized spacial score (nSPS) is 13.3. The zero-order chi connectivity index (χ0) is 13.7. The molecule has 18 heavy (non-hydrogen) atoms. The predicted molar refractivity (Wildman–Crippen MR) is 79.8 cm³/mol. The Morgan fingerprint density at radius 3 is 2.17 bits per heavy atom. The third kappa shape index (κ3) is 3.82. The van der Waals surface area contributed by atoms with E-state index >= 15 is 0 Å². The van der Waals surface area contributed by atoms with Crippen molar-refractivity contribution in [3.05, 3.63) is 34.9 Å². The van der Waals surface area contributed by atoms with E-state index in [0.29, 0.717) is 12.6 Å². The van der Waals surface area contributed by atoms with Gasteiger partial charge in [-0.15, -0.1) is 0 Å². The van der Waals surface area contributed by atoms with Crippen LogP contribution in [0.3, 0.4) is 0 Å². The fraction of sp³-hybridized carbons (Fsp3) is 0.625. The van der Waals surface area contributed by atoms with Crippen LogP contribution in [0.4, 0.5) is 0 Å². The highest BCUT2D eigenvalue weighted by atomic mass is 15.1. The zero-order valence-electron chi connectivity index (χ0n) is 12.5. The maximum Gasteiger partial charge on any atom is 0.0472 e. The van der Waals surface area contributed by atoms with Crippen molar-refractivity contribution in [1.82, 2.24) is 4.90 Å². The summed E-state index contributed by atoms with van der Waals surface area (Å²) in [6, 6.07) is 6.82. The van der Waals surface area contributed by atoms with Gasteiger partial charge in [0.15, 0.2) is 0 Å². The van der Waals surface area contributed by atoms with Crippen LogP contribution < -0.4 is 5.73 Å². The van der Waals surface area contributed by atoms with E-state index in [-0.39, 0.29) is 0 Å². The first-order valence-electron chi connectivity index (χ1n) is 6.93. The van der Waals surface area contributed by atoms with Gasteiger partial charge in [-0.3, -0.25) is 4.90 Å². The molecule has 1 rings (SSSR count). The van der Waals surface area contributed by atoms with Gasteiger partial charge in [0.1, 0.15) is 0 Å². The smallest absolute Gasteiger partial charge is 0.0472 e. The third-order valence-corrected chi connectivity index (χ3v) is 3.69. The molecule has 0 aliphatic heterocycles. The summed E-state index contributed by atoms with van der Waals surface area (Å²) in [6.07, 6.45) is 1.22. The van der Waals surface area contributed by atoms with E-state index in [1.54, 1.807) is 0 Å². The van der Waals surface area contributed by atoms with Crippen LogP contribution in [0.5, 0.6) is 0 Å². The number of nitrogens with two attached hydrogens (primary N) is 1. The van der Waals surface area contributed by atoms with Gasteiger partial charge in [0.05, 0.1) is 0 Å². The van der Waals surface area contributed by atoms with E-state index in [2.05, 4.69) is 57.8 Å². The van der Waals surface area contributed by atoms with E-state index in [4.69, 9.17) is 5.73 Å². The molecule has 2 N–H and O–H groups in total. The minimum Gasteiger partial charge on any atom is -0.329 e. The second-order valence-corrected chi connectivity index (χ2v) is 5.72. The van der Waals surface area contributed by atoms with E-state index in [0.717, 1.165) is 12.5 Å². The molecule has 0 spiro atoms. The highest BCUT2D eigenvalue weighted by molar-refractivity contribution is 5.36. The Bertz CT molecular complexity index is 351. The molecule has 0 aliphatic rings. The number of hydrogen-bond acceptors (Lipinski definition) is 2. The molecule has 0 radical (unpaired) electrons. The number of likely N-dealkylation sites (N-methyl/N-ethyl adjacent to an activating group) is 1. The highest BCUT2D eigenvalue weighted by Gasteiger charge is 2.19. The number of hydrogen-bond donors (Lipinski definition) is 1. The Balaban J connectivity index is 2.88. The molecule has 1 atom stereocenters. The molecule has 0 aromatic heterocycles. The lowest BCUT2D eigenvalue weighted by Gasteiger charge is -2.30. The van der Waals surface area contributed by atoms with Crippen LogP contribution in [0.1, 0.15) is 43.0 Å². The molecule has 2 heteroatoms. The summed E-state index contributed by atoms with van der Waals surface area (Å²) >= 11 is 0. The topological polar surface area (TPSA) is 29.3 Å². The van der Waals surface area contributed by atoms with Crippen LogP contribution in [0.15, 0.2) is 18.2 Å². The van der Waals surface area contributed by atoms with Crippen LogP contribution in [-0.2, 0) is 0 Å². The van der Waals surface area contributed by atoms with Gasteiger partial charge in [-0.1, -0.05) is 32.0 Å². The van der Waals surface area contributed by atoms with Gasteiger partial charge in [0.2, 0.25) is 0 Å². The molecular formula is C16H28N2. The molecule has 2 nitrogen and oxygen atoms in total. The van der Waals surface area contributed by atoms with Crippen molar-refractivity contribution in [2.75, 3.05) is 20.1 Å². The summed E-state index contributed by atoms with van der Waals surface area (Å²) < 4.78 is 0.